The second-order valence-corrected chi connectivity index (χ2v) is 9.63. The van der Waals surface area contributed by atoms with Crippen LogP contribution in [0.3, 0.4) is 0 Å². The molecule has 0 aromatic rings. The molecule has 0 aliphatic heterocycles. The summed E-state index contributed by atoms with van der Waals surface area (Å²) in [7, 11) is 0. The molecule has 3 nitrogen and oxygen atoms in total. The van der Waals surface area contributed by atoms with Crippen LogP contribution >= 0.6 is 0 Å². The Hall–Kier alpha value is -0.120. The lowest BCUT2D eigenvalue weighted by atomic mass is 9.91. The fraction of sp³-hybridized carbons (Fsp3) is 1.00. The summed E-state index contributed by atoms with van der Waals surface area (Å²) >= 11 is 0. The van der Waals surface area contributed by atoms with Crippen LogP contribution in [0.25, 0.3) is 0 Å². The summed E-state index contributed by atoms with van der Waals surface area (Å²) in [6.07, 6.45) is 13.3. The first-order valence-electron chi connectivity index (χ1n) is 12.2. The summed E-state index contributed by atoms with van der Waals surface area (Å²) in [5, 5.41) is 9.28. The Kier molecular flexibility index (Phi) is 18.8. The van der Waals surface area contributed by atoms with E-state index in [4.69, 9.17) is 9.47 Å². The highest BCUT2D eigenvalue weighted by atomic mass is 16.5. The predicted molar refractivity (Wildman–Crippen MR) is 122 cm³/mol. The second-order valence-electron chi connectivity index (χ2n) is 9.63. The predicted octanol–water partition coefficient (Wildman–Crippen LogP) is 6.87. The maximum absolute atomic E-state index is 9.28. The molecule has 0 aromatic heterocycles. The standard InChI is InChI=1S/C25H52O3/c1-7-27-20-25(19-26)28-18-17-24(6)16-10-15-23(5)14-9-13-22(4)12-8-11-21(2)3/h21-26H,7-20H2,1-6H3/t22-,23-,24-,25-/m1/s1. The van der Waals surface area contributed by atoms with Crippen LogP contribution in [0.4, 0.5) is 0 Å². The first-order chi connectivity index (χ1) is 13.4. The molecule has 0 saturated heterocycles. The minimum absolute atomic E-state index is 0.0439. The Labute approximate surface area is 177 Å². The van der Waals surface area contributed by atoms with Gasteiger partial charge >= 0.3 is 0 Å². The zero-order valence-corrected chi connectivity index (χ0v) is 20.0. The zero-order chi connectivity index (χ0) is 21.2. The first kappa shape index (κ1) is 27.9. The molecule has 0 amide bonds. The molecule has 0 heterocycles. The Morgan fingerprint density at radius 1 is 0.679 bits per heavy atom. The van der Waals surface area contributed by atoms with E-state index in [2.05, 4.69) is 34.6 Å². The lowest BCUT2D eigenvalue weighted by Crippen LogP contribution is -2.25. The molecule has 0 bridgehead atoms. The van der Waals surface area contributed by atoms with E-state index in [1.807, 2.05) is 6.92 Å². The average Bonchev–Trinajstić information content (AvgIpc) is 2.64. The van der Waals surface area contributed by atoms with Gasteiger partial charge in [0.25, 0.3) is 0 Å². The van der Waals surface area contributed by atoms with Gasteiger partial charge in [0.1, 0.15) is 6.10 Å². The largest absolute Gasteiger partial charge is 0.394 e. The first-order valence-corrected chi connectivity index (χ1v) is 12.2. The second kappa shape index (κ2) is 18.9. The van der Waals surface area contributed by atoms with Gasteiger partial charge in [-0.15, -0.1) is 0 Å². The minimum Gasteiger partial charge on any atom is -0.394 e. The molecule has 0 spiro atoms. The molecule has 28 heavy (non-hydrogen) atoms. The number of hydrogen-bond acceptors (Lipinski definition) is 3. The molecule has 0 radical (unpaired) electrons. The third-order valence-corrected chi connectivity index (χ3v) is 5.94. The van der Waals surface area contributed by atoms with Gasteiger partial charge in [-0.2, -0.15) is 0 Å². The molecule has 0 aromatic carbocycles. The van der Waals surface area contributed by atoms with Gasteiger partial charge < -0.3 is 14.6 Å². The summed E-state index contributed by atoms with van der Waals surface area (Å²) < 4.78 is 11.1. The van der Waals surface area contributed by atoms with Crippen LogP contribution < -0.4 is 0 Å². The van der Waals surface area contributed by atoms with Gasteiger partial charge in [-0.25, -0.2) is 0 Å². The van der Waals surface area contributed by atoms with E-state index >= 15 is 0 Å². The molecular weight excluding hydrogens is 348 g/mol. The van der Waals surface area contributed by atoms with E-state index in [9.17, 15) is 5.11 Å². The highest BCUT2D eigenvalue weighted by Crippen LogP contribution is 2.22. The van der Waals surface area contributed by atoms with Crippen molar-refractivity contribution < 1.29 is 14.6 Å². The van der Waals surface area contributed by atoms with Crippen molar-refractivity contribution in [2.75, 3.05) is 26.4 Å². The third kappa shape index (κ3) is 17.9. The molecule has 0 rings (SSSR count). The molecule has 3 heteroatoms. The molecular formula is C25H52O3. The van der Waals surface area contributed by atoms with Crippen molar-refractivity contribution in [3.8, 4) is 0 Å². The third-order valence-electron chi connectivity index (χ3n) is 5.94. The van der Waals surface area contributed by atoms with E-state index in [0.29, 0.717) is 19.1 Å². The number of ether oxygens (including phenoxy) is 2. The Balaban J connectivity index is 3.62. The smallest absolute Gasteiger partial charge is 0.104 e. The van der Waals surface area contributed by atoms with E-state index < -0.39 is 0 Å². The summed E-state index contributed by atoms with van der Waals surface area (Å²) in [5.41, 5.74) is 0. The molecule has 4 atom stereocenters. The Bertz CT molecular complexity index is 319. The average molecular weight is 401 g/mol. The lowest BCUT2D eigenvalue weighted by Gasteiger charge is -2.18. The van der Waals surface area contributed by atoms with Gasteiger partial charge in [-0.1, -0.05) is 92.4 Å². The van der Waals surface area contributed by atoms with Crippen LogP contribution in [0, 0.1) is 23.7 Å². The minimum atomic E-state index is -0.167. The van der Waals surface area contributed by atoms with Crippen LogP contribution in [-0.2, 0) is 9.47 Å². The summed E-state index contributed by atoms with van der Waals surface area (Å²) in [4.78, 5) is 0. The van der Waals surface area contributed by atoms with Crippen LogP contribution in [0.15, 0.2) is 0 Å². The molecule has 170 valence electrons. The number of aliphatic hydroxyl groups excluding tert-OH is 1. The van der Waals surface area contributed by atoms with Crippen molar-refractivity contribution in [1.29, 1.82) is 0 Å². The van der Waals surface area contributed by atoms with Crippen molar-refractivity contribution in [2.24, 2.45) is 23.7 Å². The van der Waals surface area contributed by atoms with Gasteiger partial charge in [0.05, 0.1) is 13.2 Å². The molecule has 0 fully saturated rings. The van der Waals surface area contributed by atoms with E-state index in [1.165, 1.54) is 57.8 Å². The fourth-order valence-electron chi connectivity index (χ4n) is 3.78. The topological polar surface area (TPSA) is 38.7 Å². The summed E-state index contributed by atoms with van der Waals surface area (Å²) in [5.74, 6) is 3.31. The number of aliphatic hydroxyl groups is 1. The summed E-state index contributed by atoms with van der Waals surface area (Å²) in [6.45, 7) is 15.7. The molecule has 0 unspecified atom stereocenters. The van der Waals surface area contributed by atoms with Gasteiger partial charge in [0.2, 0.25) is 0 Å². The number of rotatable bonds is 20. The van der Waals surface area contributed by atoms with Gasteiger partial charge in [-0.05, 0) is 37.0 Å². The van der Waals surface area contributed by atoms with E-state index in [-0.39, 0.29) is 12.7 Å². The van der Waals surface area contributed by atoms with E-state index in [0.717, 1.165) is 30.8 Å². The van der Waals surface area contributed by atoms with E-state index in [1.54, 1.807) is 0 Å². The normalized spacial score (nSPS) is 16.3. The molecule has 0 saturated carbocycles. The SMILES string of the molecule is CCOC[C@@H](CO)OCC[C@H](C)CCC[C@H](C)CCC[C@H](C)CCCC(C)C. The molecule has 0 aliphatic rings. The quantitative estimate of drug-likeness (QED) is 0.242. The van der Waals surface area contributed by atoms with Gasteiger partial charge in [0, 0.05) is 13.2 Å². The number of hydrogen-bond donors (Lipinski definition) is 1. The Morgan fingerprint density at radius 3 is 1.57 bits per heavy atom. The van der Waals surface area contributed by atoms with Gasteiger partial charge in [0.15, 0.2) is 0 Å². The van der Waals surface area contributed by atoms with Crippen molar-refractivity contribution in [1.82, 2.24) is 0 Å². The fourth-order valence-corrected chi connectivity index (χ4v) is 3.78. The van der Waals surface area contributed by atoms with Gasteiger partial charge in [-0.3, -0.25) is 0 Å². The highest BCUT2D eigenvalue weighted by molar-refractivity contribution is 4.61. The zero-order valence-electron chi connectivity index (χ0n) is 20.0. The van der Waals surface area contributed by atoms with Crippen LogP contribution in [0.1, 0.15) is 106 Å². The van der Waals surface area contributed by atoms with Crippen molar-refractivity contribution in [2.45, 2.75) is 112 Å². The summed E-state index contributed by atoms with van der Waals surface area (Å²) in [6, 6.07) is 0. The maximum Gasteiger partial charge on any atom is 0.104 e. The Morgan fingerprint density at radius 2 is 1.14 bits per heavy atom. The van der Waals surface area contributed by atoms with Crippen LogP contribution in [-0.4, -0.2) is 37.6 Å². The molecule has 0 aliphatic carbocycles. The van der Waals surface area contributed by atoms with Crippen molar-refractivity contribution in [3.63, 3.8) is 0 Å². The highest BCUT2D eigenvalue weighted by Gasteiger charge is 2.10. The monoisotopic (exact) mass is 400 g/mol. The molecule has 1 N–H and O–H groups in total. The van der Waals surface area contributed by atoms with Crippen molar-refractivity contribution in [3.05, 3.63) is 0 Å². The van der Waals surface area contributed by atoms with Crippen molar-refractivity contribution >= 4 is 0 Å². The van der Waals surface area contributed by atoms with Crippen LogP contribution in [0.2, 0.25) is 0 Å². The lowest BCUT2D eigenvalue weighted by molar-refractivity contribution is -0.0432. The van der Waals surface area contributed by atoms with Crippen LogP contribution in [0.5, 0.6) is 0 Å². The maximum atomic E-state index is 9.28.